The number of carbonyl (C=O) groups excluding carboxylic acids is 1. The van der Waals surface area contributed by atoms with E-state index >= 15 is 0 Å². The van der Waals surface area contributed by atoms with Crippen molar-refractivity contribution < 1.29 is 14.3 Å². The molecule has 1 aromatic heterocycles. The molecule has 15 heavy (non-hydrogen) atoms. The van der Waals surface area contributed by atoms with Gasteiger partial charge in [-0.2, -0.15) is 0 Å². The van der Waals surface area contributed by atoms with Gasteiger partial charge in [0.15, 0.2) is 5.78 Å². The number of hydrogen-bond donors (Lipinski definition) is 1. The molecule has 78 valence electrons. The van der Waals surface area contributed by atoms with Crippen LogP contribution in [-0.2, 0) is 0 Å². The topological polar surface area (TPSA) is 50.4 Å². The number of ketones is 1. The molecule has 0 saturated carbocycles. The lowest BCUT2D eigenvalue weighted by Gasteiger charge is -2.05. The normalized spacial score (nSPS) is 10.9. The monoisotopic (exact) mass is 204 g/mol. The third kappa shape index (κ3) is 1.31. The van der Waals surface area contributed by atoms with Crippen molar-refractivity contribution in [3.05, 3.63) is 29.0 Å². The highest BCUT2D eigenvalue weighted by Gasteiger charge is 2.15. The van der Waals surface area contributed by atoms with Gasteiger partial charge in [-0.25, -0.2) is 0 Å². The molecule has 0 aliphatic rings. The van der Waals surface area contributed by atoms with Crippen molar-refractivity contribution in [2.75, 3.05) is 0 Å². The molecule has 0 unspecified atom stereocenters. The Morgan fingerprint density at radius 1 is 1.40 bits per heavy atom. The Morgan fingerprint density at radius 2 is 2.07 bits per heavy atom. The highest BCUT2D eigenvalue weighted by Crippen LogP contribution is 2.33. The van der Waals surface area contributed by atoms with E-state index in [-0.39, 0.29) is 11.5 Å². The van der Waals surface area contributed by atoms with Crippen LogP contribution >= 0.6 is 0 Å². The van der Waals surface area contributed by atoms with Gasteiger partial charge in [-0.05, 0) is 32.4 Å². The fraction of sp³-hybridized carbons (Fsp3) is 0.250. The molecule has 0 saturated heterocycles. The summed E-state index contributed by atoms with van der Waals surface area (Å²) in [6.45, 7) is 5.09. The lowest BCUT2D eigenvalue weighted by Crippen LogP contribution is -1.94. The number of Topliss-reactive ketones (excluding diaryl/α,β-unsaturated/α-hetero) is 1. The highest BCUT2D eigenvalue weighted by atomic mass is 16.3. The second kappa shape index (κ2) is 3.12. The molecule has 0 amide bonds. The molecule has 3 nitrogen and oxygen atoms in total. The Hall–Kier alpha value is -1.77. The number of hydrogen-bond acceptors (Lipinski definition) is 3. The minimum absolute atomic E-state index is 0.0179. The van der Waals surface area contributed by atoms with Crippen molar-refractivity contribution in [1.29, 1.82) is 0 Å². The van der Waals surface area contributed by atoms with Gasteiger partial charge < -0.3 is 9.52 Å². The molecule has 1 aromatic carbocycles. The second-order valence-corrected chi connectivity index (χ2v) is 3.75. The van der Waals surface area contributed by atoms with E-state index in [2.05, 4.69) is 0 Å². The van der Waals surface area contributed by atoms with Crippen LogP contribution in [0.4, 0.5) is 0 Å². The lowest BCUT2D eigenvalue weighted by molar-refractivity contribution is 0.101. The van der Waals surface area contributed by atoms with Gasteiger partial charge in [-0.15, -0.1) is 0 Å². The Balaban J connectivity index is 2.91. The van der Waals surface area contributed by atoms with Crippen LogP contribution in [-0.4, -0.2) is 10.9 Å². The molecule has 1 N–H and O–H groups in total. The minimum Gasteiger partial charge on any atom is -0.507 e. The first-order valence-corrected chi connectivity index (χ1v) is 4.73. The van der Waals surface area contributed by atoms with E-state index < -0.39 is 0 Å². The van der Waals surface area contributed by atoms with Crippen LogP contribution in [0.15, 0.2) is 16.7 Å². The van der Waals surface area contributed by atoms with Crippen molar-refractivity contribution in [1.82, 2.24) is 0 Å². The number of phenolic OH excluding ortho intramolecular Hbond substituents is 1. The number of furan rings is 1. The van der Waals surface area contributed by atoms with E-state index in [1.54, 1.807) is 19.3 Å². The molecule has 0 bridgehead atoms. The molecule has 0 aliphatic heterocycles. The second-order valence-electron chi connectivity index (χ2n) is 3.75. The molecule has 1 heterocycles. The Kier molecular flexibility index (Phi) is 2.03. The Morgan fingerprint density at radius 3 is 2.67 bits per heavy atom. The van der Waals surface area contributed by atoms with Gasteiger partial charge in [0.2, 0.25) is 0 Å². The highest BCUT2D eigenvalue weighted by molar-refractivity contribution is 6.02. The summed E-state index contributed by atoms with van der Waals surface area (Å²) < 4.78 is 5.32. The predicted octanol–water partition coefficient (Wildman–Crippen LogP) is 2.96. The van der Waals surface area contributed by atoms with Gasteiger partial charge in [-0.1, -0.05) is 0 Å². The quantitative estimate of drug-likeness (QED) is 0.726. The number of carbonyl (C=O) groups is 1. The van der Waals surface area contributed by atoms with E-state index in [9.17, 15) is 9.90 Å². The van der Waals surface area contributed by atoms with Crippen molar-refractivity contribution in [3.63, 3.8) is 0 Å². The standard InChI is InChI=1S/C12H12O3/c1-6-5-15-12-7(2)11(14)10(8(3)13)4-9(6)12/h4-5,14H,1-3H3. The largest absolute Gasteiger partial charge is 0.507 e. The minimum atomic E-state index is -0.141. The van der Waals surface area contributed by atoms with Crippen LogP contribution < -0.4 is 0 Å². The maximum atomic E-state index is 11.3. The summed E-state index contributed by atoms with van der Waals surface area (Å²) in [6, 6.07) is 1.68. The number of benzene rings is 1. The van der Waals surface area contributed by atoms with Gasteiger partial charge in [-0.3, -0.25) is 4.79 Å². The summed E-state index contributed by atoms with van der Waals surface area (Å²) in [7, 11) is 0. The van der Waals surface area contributed by atoms with Crippen molar-refractivity contribution in [2.24, 2.45) is 0 Å². The molecule has 3 heteroatoms. The van der Waals surface area contributed by atoms with E-state index in [0.29, 0.717) is 16.7 Å². The molecule has 0 fully saturated rings. The van der Waals surface area contributed by atoms with Gasteiger partial charge in [0.05, 0.1) is 11.8 Å². The number of rotatable bonds is 1. The van der Waals surface area contributed by atoms with Crippen LogP contribution in [0.1, 0.15) is 28.4 Å². The average Bonchev–Trinajstić information content (AvgIpc) is 2.53. The predicted molar refractivity (Wildman–Crippen MR) is 57.4 cm³/mol. The van der Waals surface area contributed by atoms with Gasteiger partial charge in [0.25, 0.3) is 0 Å². The third-order valence-electron chi connectivity index (χ3n) is 2.64. The molecular formula is C12H12O3. The zero-order valence-electron chi connectivity index (χ0n) is 8.92. The van der Waals surface area contributed by atoms with Crippen LogP contribution in [0.3, 0.4) is 0 Å². The summed E-state index contributed by atoms with van der Waals surface area (Å²) in [6.07, 6.45) is 1.63. The molecule has 2 aromatic rings. The third-order valence-corrected chi connectivity index (χ3v) is 2.64. The SMILES string of the molecule is CC(=O)c1cc2c(C)coc2c(C)c1O. The number of fused-ring (bicyclic) bond motifs is 1. The molecular weight excluding hydrogens is 192 g/mol. The molecule has 0 atom stereocenters. The summed E-state index contributed by atoms with van der Waals surface area (Å²) in [4.78, 5) is 11.3. The summed E-state index contributed by atoms with van der Waals surface area (Å²) in [5.74, 6) is -0.123. The van der Waals surface area contributed by atoms with Crippen LogP contribution in [0.25, 0.3) is 11.0 Å². The zero-order valence-corrected chi connectivity index (χ0v) is 8.92. The fourth-order valence-electron chi connectivity index (χ4n) is 1.71. The maximum Gasteiger partial charge on any atom is 0.163 e. The van der Waals surface area contributed by atoms with E-state index in [1.807, 2.05) is 6.92 Å². The van der Waals surface area contributed by atoms with Gasteiger partial charge >= 0.3 is 0 Å². The van der Waals surface area contributed by atoms with E-state index in [4.69, 9.17) is 4.42 Å². The first-order chi connectivity index (χ1) is 7.02. The maximum absolute atomic E-state index is 11.3. The summed E-state index contributed by atoms with van der Waals surface area (Å²) >= 11 is 0. The van der Waals surface area contributed by atoms with E-state index in [1.165, 1.54) is 6.92 Å². The first-order valence-electron chi connectivity index (χ1n) is 4.73. The fourth-order valence-corrected chi connectivity index (χ4v) is 1.71. The molecule has 0 radical (unpaired) electrons. The number of aryl methyl sites for hydroxylation is 2. The number of phenols is 1. The van der Waals surface area contributed by atoms with Crippen LogP contribution in [0.5, 0.6) is 5.75 Å². The van der Waals surface area contributed by atoms with Crippen molar-refractivity contribution >= 4 is 16.8 Å². The van der Waals surface area contributed by atoms with Crippen molar-refractivity contribution in [3.8, 4) is 5.75 Å². The Labute approximate surface area is 87.3 Å². The first kappa shape index (κ1) is 9.77. The molecule has 0 aliphatic carbocycles. The lowest BCUT2D eigenvalue weighted by atomic mass is 10.0. The summed E-state index contributed by atoms with van der Waals surface area (Å²) in [5, 5.41) is 10.7. The Bertz CT molecular complexity index is 549. The number of aromatic hydroxyl groups is 1. The molecule has 0 spiro atoms. The van der Waals surface area contributed by atoms with Crippen LogP contribution in [0, 0.1) is 13.8 Å². The molecule has 2 rings (SSSR count). The zero-order chi connectivity index (χ0) is 11.2. The van der Waals surface area contributed by atoms with Crippen LogP contribution in [0.2, 0.25) is 0 Å². The summed E-state index contributed by atoms with van der Waals surface area (Å²) in [5.41, 5.74) is 2.58. The van der Waals surface area contributed by atoms with Crippen molar-refractivity contribution in [2.45, 2.75) is 20.8 Å². The smallest absolute Gasteiger partial charge is 0.163 e. The van der Waals surface area contributed by atoms with Gasteiger partial charge in [0, 0.05) is 10.9 Å². The van der Waals surface area contributed by atoms with E-state index in [0.717, 1.165) is 10.9 Å². The van der Waals surface area contributed by atoms with Gasteiger partial charge in [0.1, 0.15) is 11.3 Å². The average molecular weight is 204 g/mol.